The quantitative estimate of drug-likeness (QED) is 0.265. The number of rotatable bonds is 5. The van der Waals surface area contributed by atoms with Crippen LogP contribution in [0.5, 0.6) is 0 Å². The molecule has 2 heterocycles. The molecule has 0 N–H and O–H groups in total. The Balaban J connectivity index is 1.77. The lowest BCUT2D eigenvalue weighted by atomic mass is 10.2. The van der Waals surface area contributed by atoms with Crippen molar-refractivity contribution in [2.24, 2.45) is 0 Å². The lowest BCUT2D eigenvalue weighted by molar-refractivity contribution is -0.145. The van der Waals surface area contributed by atoms with Gasteiger partial charge in [0.05, 0.1) is 11.5 Å². The highest BCUT2D eigenvalue weighted by Gasteiger charge is 2.34. The number of thiocarbonyl (C=S) groups is 1. The van der Waals surface area contributed by atoms with Crippen LogP contribution in [0.25, 0.3) is 17.4 Å². The van der Waals surface area contributed by atoms with Gasteiger partial charge in [0.2, 0.25) is 0 Å². The molecule has 1 aromatic heterocycles. The number of benzene rings is 1. The van der Waals surface area contributed by atoms with Crippen LogP contribution in [-0.4, -0.2) is 34.2 Å². The molecule has 0 radical (unpaired) electrons. The van der Waals surface area contributed by atoms with E-state index in [-0.39, 0.29) is 19.1 Å². The number of carbonyl (C=O) groups is 2. The minimum Gasteiger partial charge on any atom is -0.465 e. The van der Waals surface area contributed by atoms with Crippen LogP contribution < -0.4 is 0 Å². The Morgan fingerprint density at radius 3 is 2.92 bits per heavy atom. The average Bonchev–Trinajstić information content (AvgIpc) is 3.16. The average molecular weight is 499 g/mol. The maximum absolute atomic E-state index is 12.5. The first kappa shape index (κ1) is 19.1. The van der Waals surface area contributed by atoms with Gasteiger partial charge in [-0.05, 0) is 53.8 Å². The third-order valence-corrected chi connectivity index (χ3v) is 5.52. The van der Waals surface area contributed by atoms with Crippen molar-refractivity contribution in [1.29, 1.82) is 0 Å². The third kappa shape index (κ3) is 4.36. The fourth-order valence-corrected chi connectivity index (χ4v) is 4.11. The van der Waals surface area contributed by atoms with Crippen molar-refractivity contribution >= 4 is 68.8 Å². The zero-order valence-corrected chi connectivity index (χ0v) is 17.5. The minimum atomic E-state index is -0.482. The highest BCUT2D eigenvalue weighted by atomic mass is 127. The van der Waals surface area contributed by atoms with Gasteiger partial charge in [0.15, 0.2) is 0 Å². The molecule has 1 saturated heterocycles. The van der Waals surface area contributed by atoms with Gasteiger partial charge in [-0.25, -0.2) is 0 Å². The van der Waals surface area contributed by atoms with E-state index in [1.165, 1.54) is 4.90 Å². The number of furan rings is 1. The Morgan fingerprint density at radius 1 is 1.38 bits per heavy atom. The fraction of sp³-hybridized carbons (Fsp3) is 0.167. The van der Waals surface area contributed by atoms with E-state index < -0.39 is 5.97 Å². The van der Waals surface area contributed by atoms with Gasteiger partial charge in [-0.1, -0.05) is 36.1 Å². The van der Waals surface area contributed by atoms with Crippen LogP contribution in [0.2, 0.25) is 0 Å². The summed E-state index contributed by atoms with van der Waals surface area (Å²) in [7, 11) is 0. The fourth-order valence-electron chi connectivity index (χ4n) is 2.33. The number of amides is 1. The molecule has 8 heteroatoms. The standard InChI is InChI=1S/C18H14INO4S2/c1-2-23-16(21)10-20-17(22)15(26-18(20)25)9-13-6-7-14(24-13)11-4-3-5-12(19)8-11/h3-9H,2,10H2,1H3/b15-9+. The van der Waals surface area contributed by atoms with Crippen molar-refractivity contribution in [2.45, 2.75) is 6.92 Å². The molecule has 1 aromatic carbocycles. The summed E-state index contributed by atoms with van der Waals surface area (Å²) in [6.07, 6.45) is 1.64. The van der Waals surface area contributed by atoms with Crippen LogP contribution in [-0.2, 0) is 14.3 Å². The Labute approximate surface area is 173 Å². The van der Waals surface area contributed by atoms with Crippen LogP contribution >= 0.6 is 46.6 Å². The second-order valence-electron chi connectivity index (χ2n) is 5.29. The predicted octanol–water partition coefficient (Wildman–Crippen LogP) is 4.32. The highest BCUT2D eigenvalue weighted by molar-refractivity contribution is 14.1. The SMILES string of the molecule is CCOC(=O)CN1C(=O)/C(=C\c2ccc(-c3cccc(I)c3)o2)SC1=S. The van der Waals surface area contributed by atoms with Gasteiger partial charge >= 0.3 is 5.97 Å². The lowest BCUT2D eigenvalue weighted by Gasteiger charge is -2.12. The van der Waals surface area contributed by atoms with E-state index in [0.29, 0.717) is 15.0 Å². The van der Waals surface area contributed by atoms with Crippen molar-refractivity contribution in [3.05, 3.63) is 50.6 Å². The van der Waals surface area contributed by atoms with Gasteiger partial charge in [0.1, 0.15) is 22.4 Å². The highest BCUT2D eigenvalue weighted by Crippen LogP contribution is 2.33. The number of thioether (sulfide) groups is 1. The largest absolute Gasteiger partial charge is 0.465 e. The molecular formula is C18H14INO4S2. The number of halogens is 1. The van der Waals surface area contributed by atoms with Gasteiger partial charge < -0.3 is 9.15 Å². The summed E-state index contributed by atoms with van der Waals surface area (Å²) in [4.78, 5) is 25.8. The zero-order valence-electron chi connectivity index (χ0n) is 13.7. The molecule has 0 bridgehead atoms. The maximum atomic E-state index is 12.5. The first-order valence-corrected chi connectivity index (χ1v) is 10.0. The summed E-state index contributed by atoms with van der Waals surface area (Å²) in [5.74, 6) is 0.469. The number of nitrogens with zero attached hydrogens (tertiary/aromatic N) is 1. The molecule has 0 saturated carbocycles. The van der Waals surface area contributed by atoms with Crippen molar-refractivity contribution in [3.63, 3.8) is 0 Å². The smallest absolute Gasteiger partial charge is 0.326 e. The van der Waals surface area contributed by atoms with Crippen molar-refractivity contribution in [2.75, 3.05) is 13.2 Å². The Hall–Kier alpha value is -1.65. The lowest BCUT2D eigenvalue weighted by Crippen LogP contribution is -2.34. The van der Waals surface area contributed by atoms with Crippen molar-refractivity contribution in [3.8, 4) is 11.3 Å². The van der Waals surface area contributed by atoms with Crippen molar-refractivity contribution < 1.29 is 18.7 Å². The molecule has 1 fully saturated rings. The first-order valence-electron chi connectivity index (χ1n) is 7.74. The molecule has 0 aliphatic carbocycles. The molecule has 1 amide bonds. The van der Waals surface area contributed by atoms with E-state index in [1.807, 2.05) is 30.3 Å². The number of ether oxygens (including phenoxy) is 1. The summed E-state index contributed by atoms with van der Waals surface area (Å²) >= 11 is 8.58. The van der Waals surface area contributed by atoms with E-state index in [1.54, 1.807) is 19.1 Å². The van der Waals surface area contributed by atoms with Crippen LogP contribution in [0.3, 0.4) is 0 Å². The number of hydrogen-bond donors (Lipinski definition) is 0. The summed E-state index contributed by atoms with van der Waals surface area (Å²) in [6, 6.07) is 11.6. The molecule has 134 valence electrons. The van der Waals surface area contributed by atoms with Gasteiger partial charge in [0.25, 0.3) is 5.91 Å². The van der Waals surface area contributed by atoms with Gasteiger partial charge in [-0.15, -0.1) is 0 Å². The van der Waals surface area contributed by atoms with Crippen LogP contribution in [0, 0.1) is 3.57 Å². The third-order valence-electron chi connectivity index (χ3n) is 3.48. The molecule has 1 aliphatic heterocycles. The molecule has 3 rings (SSSR count). The number of carbonyl (C=O) groups excluding carboxylic acids is 2. The van der Waals surface area contributed by atoms with Crippen molar-refractivity contribution in [1.82, 2.24) is 4.90 Å². The Kier molecular flexibility index (Phi) is 6.15. The molecule has 0 unspecified atom stereocenters. The predicted molar refractivity (Wildman–Crippen MR) is 113 cm³/mol. The monoisotopic (exact) mass is 499 g/mol. The zero-order chi connectivity index (χ0) is 18.7. The maximum Gasteiger partial charge on any atom is 0.326 e. The molecule has 26 heavy (non-hydrogen) atoms. The van der Waals surface area contributed by atoms with E-state index >= 15 is 0 Å². The molecule has 0 spiro atoms. The molecule has 5 nitrogen and oxygen atoms in total. The van der Waals surface area contributed by atoms with Crippen LogP contribution in [0.4, 0.5) is 0 Å². The van der Waals surface area contributed by atoms with E-state index in [4.69, 9.17) is 21.4 Å². The molecule has 0 atom stereocenters. The minimum absolute atomic E-state index is 0.179. The Bertz CT molecular complexity index is 906. The van der Waals surface area contributed by atoms with E-state index in [9.17, 15) is 9.59 Å². The summed E-state index contributed by atoms with van der Waals surface area (Å²) in [5.41, 5.74) is 0.964. The molecule has 1 aliphatic rings. The van der Waals surface area contributed by atoms with Crippen LogP contribution in [0.15, 0.2) is 45.7 Å². The van der Waals surface area contributed by atoms with E-state index in [2.05, 4.69) is 22.6 Å². The van der Waals surface area contributed by atoms with Crippen LogP contribution in [0.1, 0.15) is 12.7 Å². The summed E-state index contributed by atoms with van der Waals surface area (Å²) in [5, 5.41) is 0. The molecular weight excluding hydrogens is 485 g/mol. The number of esters is 1. The van der Waals surface area contributed by atoms with Gasteiger partial charge in [-0.3, -0.25) is 14.5 Å². The Morgan fingerprint density at radius 2 is 2.19 bits per heavy atom. The molecule has 2 aromatic rings. The first-order chi connectivity index (χ1) is 12.5. The van der Waals surface area contributed by atoms with E-state index in [0.717, 1.165) is 26.7 Å². The summed E-state index contributed by atoms with van der Waals surface area (Å²) in [6.45, 7) is 1.79. The second-order valence-corrected chi connectivity index (χ2v) is 8.21. The van der Waals surface area contributed by atoms with Gasteiger partial charge in [-0.2, -0.15) is 0 Å². The van der Waals surface area contributed by atoms with Gasteiger partial charge in [0, 0.05) is 15.2 Å². The normalized spacial score (nSPS) is 15.8. The second kappa shape index (κ2) is 8.36. The summed E-state index contributed by atoms with van der Waals surface area (Å²) < 4.78 is 12.1. The number of hydrogen-bond acceptors (Lipinski definition) is 6. The topological polar surface area (TPSA) is 59.8 Å².